The van der Waals surface area contributed by atoms with Crippen LogP contribution in [0.4, 0.5) is 0 Å². The van der Waals surface area contributed by atoms with Crippen molar-refractivity contribution in [1.82, 2.24) is 19.3 Å². The fraction of sp³-hybridized carbons (Fsp3) is 0.333. The van der Waals surface area contributed by atoms with Gasteiger partial charge in [-0.25, -0.2) is 4.98 Å². The lowest BCUT2D eigenvalue weighted by atomic mass is 10.2. The van der Waals surface area contributed by atoms with Crippen LogP contribution in [0.5, 0.6) is 0 Å². The number of aliphatic hydroxyl groups is 1. The summed E-state index contributed by atoms with van der Waals surface area (Å²) >= 11 is 5.93. The highest BCUT2D eigenvalue weighted by Crippen LogP contribution is 2.26. The van der Waals surface area contributed by atoms with Gasteiger partial charge in [0.15, 0.2) is 6.10 Å². The van der Waals surface area contributed by atoms with Gasteiger partial charge in [0.1, 0.15) is 5.82 Å². The summed E-state index contributed by atoms with van der Waals surface area (Å²) in [5.74, 6) is 0.542. The van der Waals surface area contributed by atoms with Crippen molar-refractivity contribution in [2.24, 2.45) is 14.1 Å². The fourth-order valence-electron chi connectivity index (χ4n) is 1.49. The highest BCUT2D eigenvalue weighted by molar-refractivity contribution is 6.31. The van der Waals surface area contributed by atoms with Crippen molar-refractivity contribution in [2.45, 2.75) is 6.10 Å². The molecular weight excluding hydrogens is 216 g/mol. The minimum atomic E-state index is -0.856. The van der Waals surface area contributed by atoms with E-state index in [1.54, 1.807) is 28.7 Å². The predicted molar refractivity (Wildman–Crippen MR) is 55.5 cm³/mol. The molecular formula is C9H11ClN4O. The quantitative estimate of drug-likeness (QED) is 0.828. The van der Waals surface area contributed by atoms with E-state index in [0.717, 1.165) is 0 Å². The molecule has 2 heterocycles. The molecule has 80 valence electrons. The fourth-order valence-corrected chi connectivity index (χ4v) is 1.76. The first-order valence-corrected chi connectivity index (χ1v) is 4.81. The molecule has 2 aromatic heterocycles. The Hall–Kier alpha value is -1.33. The molecule has 0 fully saturated rings. The van der Waals surface area contributed by atoms with Gasteiger partial charge in [0.05, 0.1) is 16.9 Å². The molecule has 1 unspecified atom stereocenters. The second kappa shape index (κ2) is 3.67. The summed E-state index contributed by atoms with van der Waals surface area (Å²) < 4.78 is 3.29. The number of aliphatic hydroxyl groups excluding tert-OH is 1. The van der Waals surface area contributed by atoms with Crippen LogP contribution in [-0.4, -0.2) is 24.4 Å². The smallest absolute Gasteiger partial charge is 0.155 e. The van der Waals surface area contributed by atoms with Crippen LogP contribution in [0.15, 0.2) is 18.6 Å². The van der Waals surface area contributed by atoms with Crippen LogP contribution in [-0.2, 0) is 14.1 Å². The van der Waals surface area contributed by atoms with Gasteiger partial charge in [0.25, 0.3) is 0 Å². The normalized spacial score (nSPS) is 13.1. The third kappa shape index (κ3) is 1.64. The average molecular weight is 227 g/mol. The molecule has 0 aromatic carbocycles. The lowest BCUT2D eigenvalue weighted by Crippen LogP contribution is -2.11. The molecule has 5 nitrogen and oxygen atoms in total. The second-order valence-corrected chi connectivity index (χ2v) is 3.71. The third-order valence-corrected chi connectivity index (χ3v) is 2.59. The Morgan fingerprint density at radius 1 is 1.47 bits per heavy atom. The highest BCUT2D eigenvalue weighted by Gasteiger charge is 2.21. The summed E-state index contributed by atoms with van der Waals surface area (Å²) in [5.41, 5.74) is 0.547. The number of nitrogens with zero attached hydrogens (tertiary/aromatic N) is 4. The van der Waals surface area contributed by atoms with Gasteiger partial charge >= 0.3 is 0 Å². The van der Waals surface area contributed by atoms with E-state index < -0.39 is 6.10 Å². The molecule has 2 aromatic rings. The van der Waals surface area contributed by atoms with Crippen LogP contribution >= 0.6 is 11.6 Å². The molecule has 0 aliphatic carbocycles. The second-order valence-electron chi connectivity index (χ2n) is 3.30. The summed E-state index contributed by atoms with van der Waals surface area (Å²) in [6.07, 6.45) is 4.04. The van der Waals surface area contributed by atoms with Crippen molar-refractivity contribution in [2.75, 3.05) is 0 Å². The number of halogens is 1. The van der Waals surface area contributed by atoms with Crippen LogP contribution < -0.4 is 0 Å². The Morgan fingerprint density at radius 2 is 2.20 bits per heavy atom. The molecule has 6 heteroatoms. The zero-order valence-corrected chi connectivity index (χ0v) is 9.18. The molecule has 1 N–H and O–H groups in total. The molecule has 0 radical (unpaired) electrons. The number of aromatic nitrogens is 4. The Labute approximate surface area is 91.9 Å². The van der Waals surface area contributed by atoms with Gasteiger partial charge in [0, 0.05) is 26.5 Å². The van der Waals surface area contributed by atoms with Crippen molar-refractivity contribution in [3.63, 3.8) is 0 Å². The molecule has 2 rings (SSSR count). The summed E-state index contributed by atoms with van der Waals surface area (Å²) in [5, 5.41) is 14.5. The van der Waals surface area contributed by atoms with Crippen molar-refractivity contribution in [3.05, 3.63) is 35.1 Å². The number of hydrogen-bond donors (Lipinski definition) is 1. The van der Waals surface area contributed by atoms with Crippen LogP contribution in [0.25, 0.3) is 0 Å². The maximum absolute atomic E-state index is 10.1. The molecule has 0 saturated carbocycles. The number of rotatable bonds is 2. The van der Waals surface area contributed by atoms with E-state index in [0.29, 0.717) is 16.5 Å². The summed E-state index contributed by atoms with van der Waals surface area (Å²) in [6, 6.07) is 0. The number of aryl methyl sites for hydroxylation is 2. The highest BCUT2D eigenvalue weighted by atomic mass is 35.5. The van der Waals surface area contributed by atoms with Gasteiger partial charge in [-0.2, -0.15) is 5.10 Å². The third-order valence-electron chi connectivity index (χ3n) is 2.30. The zero-order chi connectivity index (χ0) is 11.0. The first kappa shape index (κ1) is 10.2. The number of imidazole rings is 1. The monoisotopic (exact) mass is 226 g/mol. The van der Waals surface area contributed by atoms with Crippen molar-refractivity contribution in [3.8, 4) is 0 Å². The van der Waals surface area contributed by atoms with E-state index in [1.165, 1.54) is 6.20 Å². The van der Waals surface area contributed by atoms with Gasteiger partial charge in [-0.3, -0.25) is 4.68 Å². The zero-order valence-electron chi connectivity index (χ0n) is 8.42. The lowest BCUT2D eigenvalue weighted by Gasteiger charge is -2.11. The van der Waals surface area contributed by atoms with Crippen LogP contribution in [0.3, 0.4) is 0 Å². The largest absolute Gasteiger partial charge is 0.379 e. The average Bonchev–Trinajstić information content (AvgIpc) is 2.73. The summed E-state index contributed by atoms with van der Waals surface area (Å²) in [4.78, 5) is 4.07. The van der Waals surface area contributed by atoms with Crippen LogP contribution in [0.1, 0.15) is 17.6 Å². The summed E-state index contributed by atoms with van der Waals surface area (Å²) in [6.45, 7) is 0. The molecule has 15 heavy (non-hydrogen) atoms. The Bertz CT molecular complexity index is 457. The van der Waals surface area contributed by atoms with Crippen LogP contribution in [0.2, 0.25) is 5.02 Å². The topological polar surface area (TPSA) is 55.9 Å². The molecule has 0 amide bonds. The molecule has 0 spiro atoms. The van der Waals surface area contributed by atoms with E-state index >= 15 is 0 Å². The van der Waals surface area contributed by atoms with Gasteiger partial charge in [0.2, 0.25) is 0 Å². The van der Waals surface area contributed by atoms with E-state index in [1.807, 2.05) is 7.05 Å². The first-order chi connectivity index (χ1) is 7.11. The minimum absolute atomic E-state index is 0.438. The van der Waals surface area contributed by atoms with E-state index in [9.17, 15) is 5.11 Å². The SMILES string of the molecule is Cn1ccnc1C(O)c1c(Cl)cnn1C. The molecule has 1 atom stereocenters. The van der Waals surface area contributed by atoms with E-state index in [2.05, 4.69) is 10.1 Å². The molecule has 0 aliphatic rings. The molecule has 0 saturated heterocycles. The van der Waals surface area contributed by atoms with Gasteiger partial charge in [-0.05, 0) is 0 Å². The standard InChI is InChI=1S/C9H11ClN4O/c1-13-4-3-11-9(13)8(15)7-6(10)5-12-14(7)2/h3-5,8,15H,1-2H3. The predicted octanol–water partition coefficient (Wildman–Crippen LogP) is 0.889. The maximum atomic E-state index is 10.1. The Balaban J connectivity index is 2.45. The van der Waals surface area contributed by atoms with E-state index in [4.69, 9.17) is 11.6 Å². The van der Waals surface area contributed by atoms with Gasteiger partial charge in [-0.1, -0.05) is 11.6 Å². The lowest BCUT2D eigenvalue weighted by molar-refractivity contribution is 0.196. The Morgan fingerprint density at radius 3 is 2.67 bits per heavy atom. The number of hydrogen-bond acceptors (Lipinski definition) is 3. The first-order valence-electron chi connectivity index (χ1n) is 4.44. The maximum Gasteiger partial charge on any atom is 0.155 e. The van der Waals surface area contributed by atoms with Crippen molar-refractivity contribution in [1.29, 1.82) is 0 Å². The van der Waals surface area contributed by atoms with Gasteiger partial charge < -0.3 is 9.67 Å². The van der Waals surface area contributed by atoms with Gasteiger partial charge in [-0.15, -0.1) is 0 Å². The van der Waals surface area contributed by atoms with E-state index in [-0.39, 0.29) is 0 Å². The molecule has 0 aliphatic heterocycles. The minimum Gasteiger partial charge on any atom is -0.379 e. The van der Waals surface area contributed by atoms with Crippen molar-refractivity contribution < 1.29 is 5.11 Å². The Kier molecular flexibility index (Phi) is 2.50. The van der Waals surface area contributed by atoms with Crippen LogP contribution in [0, 0.1) is 0 Å². The molecule has 0 bridgehead atoms. The van der Waals surface area contributed by atoms with Crippen molar-refractivity contribution >= 4 is 11.6 Å². The summed E-state index contributed by atoms with van der Waals surface area (Å²) in [7, 11) is 3.54.